The molecule has 1 fully saturated rings. The summed E-state index contributed by atoms with van der Waals surface area (Å²) in [6.07, 6.45) is 1.72. The van der Waals surface area contributed by atoms with Crippen LogP contribution in [0.25, 0.3) is 11.4 Å². The van der Waals surface area contributed by atoms with Gasteiger partial charge >= 0.3 is 0 Å². The molecule has 138 valence electrons. The molecule has 0 radical (unpaired) electrons. The van der Waals surface area contributed by atoms with Crippen LogP contribution in [-0.2, 0) is 4.79 Å². The summed E-state index contributed by atoms with van der Waals surface area (Å²) in [5, 5.41) is 4.09. The Morgan fingerprint density at radius 3 is 2.74 bits per heavy atom. The highest BCUT2D eigenvalue weighted by atomic mass is 16.5. The Labute approximate surface area is 157 Å². The highest BCUT2D eigenvalue weighted by Gasteiger charge is 2.34. The van der Waals surface area contributed by atoms with Gasteiger partial charge in [0.1, 0.15) is 11.8 Å². The van der Waals surface area contributed by atoms with E-state index >= 15 is 0 Å². The topological polar surface area (TPSA) is 68.5 Å². The molecule has 1 aliphatic rings. The Hall–Kier alpha value is -3.15. The maximum atomic E-state index is 12.6. The summed E-state index contributed by atoms with van der Waals surface area (Å²) in [5.41, 5.74) is 2.08. The number of carbonyl (C=O) groups excluding carboxylic acids is 1. The first-order valence-electron chi connectivity index (χ1n) is 9.09. The number of benzene rings is 2. The smallest absolute Gasteiger partial charge is 0.261 e. The summed E-state index contributed by atoms with van der Waals surface area (Å²) < 4.78 is 11.1. The highest BCUT2D eigenvalue weighted by Crippen LogP contribution is 2.32. The number of rotatable bonds is 5. The van der Waals surface area contributed by atoms with Crippen molar-refractivity contribution in [2.24, 2.45) is 0 Å². The fourth-order valence-corrected chi connectivity index (χ4v) is 3.26. The van der Waals surface area contributed by atoms with Crippen molar-refractivity contribution in [3.63, 3.8) is 0 Å². The molecular formula is C21H21N3O3. The lowest BCUT2D eigenvalue weighted by molar-refractivity contribution is -0.134. The first kappa shape index (κ1) is 17.3. The van der Waals surface area contributed by atoms with Crippen molar-refractivity contribution in [1.82, 2.24) is 15.0 Å². The number of amides is 1. The van der Waals surface area contributed by atoms with E-state index in [2.05, 4.69) is 10.1 Å². The molecule has 2 aromatic carbocycles. The van der Waals surface area contributed by atoms with Crippen LogP contribution in [0.15, 0.2) is 59.1 Å². The molecule has 1 unspecified atom stereocenters. The molecular weight excluding hydrogens is 342 g/mol. The normalized spacial score (nSPS) is 16.5. The number of hydrogen-bond donors (Lipinski definition) is 0. The minimum atomic E-state index is -0.191. The number of likely N-dealkylation sites (tertiary alicyclic amines) is 1. The molecule has 1 saturated heterocycles. The Morgan fingerprint density at radius 2 is 1.96 bits per heavy atom. The van der Waals surface area contributed by atoms with Gasteiger partial charge in [-0.05, 0) is 31.9 Å². The summed E-state index contributed by atoms with van der Waals surface area (Å²) in [5.74, 6) is 1.64. The van der Waals surface area contributed by atoms with Gasteiger partial charge in [0.05, 0.1) is 0 Å². The number of para-hydroxylation sites is 1. The number of hydrogen-bond acceptors (Lipinski definition) is 5. The second-order valence-corrected chi connectivity index (χ2v) is 6.67. The third-order valence-electron chi connectivity index (χ3n) is 4.72. The first-order chi connectivity index (χ1) is 13.2. The predicted molar refractivity (Wildman–Crippen MR) is 100 cm³/mol. The molecule has 1 atom stereocenters. The third kappa shape index (κ3) is 3.84. The van der Waals surface area contributed by atoms with Crippen molar-refractivity contribution in [3.05, 3.63) is 66.1 Å². The van der Waals surface area contributed by atoms with Crippen LogP contribution < -0.4 is 4.74 Å². The largest absolute Gasteiger partial charge is 0.484 e. The zero-order valence-corrected chi connectivity index (χ0v) is 15.2. The van der Waals surface area contributed by atoms with Crippen molar-refractivity contribution in [2.45, 2.75) is 25.8 Å². The molecule has 2 heterocycles. The van der Waals surface area contributed by atoms with Crippen molar-refractivity contribution in [2.75, 3.05) is 13.2 Å². The van der Waals surface area contributed by atoms with Gasteiger partial charge in [0.15, 0.2) is 6.61 Å². The van der Waals surface area contributed by atoms with E-state index < -0.39 is 0 Å². The van der Waals surface area contributed by atoms with E-state index in [1.807, 2.05) is 61.5 Å². The van der Waals surface area contributed by atoms with Crippen LogP contribution in [0.3, 0.4) is 0 Å². The summed E-state index contributed by atoms with van der Waals surface area (Å²) >= 11 is 0. The van der Waals surface area contributed by atoms with Gasteiger partial charge in [0, 0.05) is 12.1 Å². The SMILES string of the molecule is Cc1ccc(-c2noc(C3CCCN3C(=O)COc3ccccc3)n2)cc1. The van der Waals surface area contributed by atoms with E-state index in [9.17, 15) is 4.79 Å². The van der Waals surface area contributed by atoms with Gasteiger partial charge in [-0.15, -0.1) is 0 Å². The molecule has 6 nitrogen and oxygen atoms in total. The lowest BCUT2D eigenvalue weighted by Gasteiger charge is -2.21. The number of carbonyl (C=O) groups is 1. The molecule has 1 aliphatic heterocycles. The molecule has 4 rings (SSSR count). The molecule has 3 aromatic rings. The summed E-state index contributed by atoms with van der Waals surface area (Å²) in [7, 11) is 0. The fourth-order valence-electron chi connectivity index (χ4n) is 3.26. The van der Waals surface area contributed by atoms with Gasteiger partial charge in [-0.1, -0.05) is 53.2 Å². The predicted octanol–water partition coefficient (Wildman–Crippen LogP) is 3.79. The molecule has 0 spiro atoms. The number of nitrogens with zero attached hydrogens (tertiary/aromatic N) is 3. The average molecular weight is 363 g/mol. The van der Waals surface area contributed by atoms with Crippen LogP contribution in [0.4, 0.5) is 0 Å². The van der Waals surface area contributed by atoms with E-state index in [1.54, 1.807) is 4.90 Å². The lowest BCUT2D eigenvalue weighted by atomic mass is 10.1. The Kier molecular flexibility index (Phi) is 4.87. The van der Waals surface area contributed by atoms with Crippen LogP contribution >= 0.6 is 0 Å². The molecule has 0 aliphatic carbocycles. The zero-order valence-electron chi connectivity index (χ0n) is 15.2. The van der Waals surface area contributed by atoms with Crippen LogP contribution in [0.1, 0.15) is 30.3 Å². The molecule has 6 heteroatoms. The highest BCUT2D eigenvalue weighted by molar-refractivity contribution is 5.78. The first-order valence-corrected chi connectivity index (χ1v) is 9.09. The molecule has 0 bridgehead atoms. The van der Waals surface area contributed by atoms with Crippen molar-refractivity contribution >= 4 is 5.91 Å². The fraction of sp³-hybridized carbons (Fsp3) is 0.286. The molecule has 1 aromatic heterocycles. The van der Waals surface area contributed by atoms with Crippen molar-refractivity contribution in [3.8, 4) is 17.1 Å². The van der Waals surface area contributed by atoms with Crippen LogP contribution in [0.5, 0.6) is 5.75 Å². The van der Waals surface area contributed by atoms with Gasteiger partial charge in [-0.25, -0.2) is 0 Å². The van der Waals surface area contributed by atoms with Gasteiger partial charge in [-0.3, -0.25) is 4.79 Å². The number of ether oxygens (including phenoxy) is 1. The van der Waals surface area contributed by atoms with Crippen molar-refractivity contribution in [1.29, 1.82) is 0 Å². The van der Waals surface area contributed by atoms with E-state index in [1.165, 1.54) is 5.56 Å². The summed E-state index contributed by atoms with van der Waals surface area (Å²) in [6.45, 7) is 2.70. The van der Waals surface area contributed by atoms with E-state index in [4.69, 9.17) is 9.26 Å². The number of aryl methyl sites for hydroxylation is 1. The van der Waals surface area contributed by atoms with Crippen LogP contribution in [0, 0.1) is 6.92 Å². The van der Waals surface area contributed by atoms with Gasteiger partial charge in [0.25, 0.3) is 5.91 Å². The Balaban J connectivity index is 1.45. The standard InChI is InChI=1S/C21H21N3O3/c1-15-9-11-16(12-10-15)20-22-21(27-23-20)18-8-5-13-24(18)19(25)14-26-17-6-3-2-4-7-17/h2-4,6-7,9-12,18H,5,8,13-14H2,1H3. The average Bonchev–Trinajstić information content (AvgIpc) is 3.37. The van der Waals surface area contributed by atoms with Gasteiger partial charge in [0.2, 0.25) is 11.7 Å². The van der Waals surface area contributed by atoms with Crippen LogP contribution in [-0.4, -0.2) is 34.1 Å². The number of aromatic nitrogens is 2. The Morgan fingerprint density at radius 1 is 1.19 bits per heavy atom. The minimum absolute atomic E-state index is 0.000526. The Bertz CT molecular complexity index is 906. The van der Waals surface area contributed by atoms with E-state index in [-0.39, 0.29) is 18.6 Å². The quantitative estimate of drug-likeness (QED) is 0.690. The second kappa shape index (κ2) is 7.61. The summed E-state index contributed by atoms with van der Waals surface area (Å²) in [6, 6.07) is 17.1. The van der Waals surface area contributed by atoms with Crippen LogP contribution in [0.2, 0.25) is 0 Å². The van der Waals surface area contributed by atoms with Crippen molar-refractivity contribution < 1.29 is 14.1 Å². The molecule has 0 N–H and O–H groups in total. The maximum absolute atomic E-state index is 12.6. The van der Waals surface area contributed by atoms with Gasteiger partial charge in [-0.2, -0.15) is 4.98 Å². The monoisotopic (exact) mass is 363 g/mol. The molecule has 0 saturated carbocycles. The summed E-state index contributed by atoms with van der Waals surface area (Å²) in [4.78, 5) is 18.9. The zero-order chi connectivity index (χ0) is 18.6. The van der Waals surface area contributed by atoms with E-state index in [0.717, 1.165) is 18.4 Å². The van der Waals surface area contributed by atoms with E-state index in [0.29, 0.717) is 24.0 Å². The second-order valence-electron chi connectivity index (χ2n) is 6.67. The molecule has 27 heavy (non-hydrogen) atoms. The molecule has 1 amide bonds. The maximum Gasteiger partial charge on any atom is 0.261 e. The lowest BCUT2D eigenvalue weighted by Crippen LogP contribution is -2.34. The third-order valence-corrected chi connectivity index (χ3v) is 4.72. The van der Waals surface area contributed by atoms with Gasteiger partial charge < -0.3 is 14.2 Å². The minimum Gasteiger partial charge on any atom is -0.484 e.